The van der Waals surface area contributed by atoms with Gasteiger partial charge in [0.25, 0.3) is 5.91 Å². The SMILES string of the molecule is Cc1ccc(CNC(=O)c2cc(NCc3ccccc3C)nc(C)n2)cc1. The van der Waals surface area contributed by atoms with Crippen LogP contribution in [0.3, 0.4) is 0 Å². The molecule has 0 fully saturated rings. The maximum absolute atomic E-state index is 12.5. The second-order valence-electron chi connectivity index (χ2n) is 6.63. The van der Waals surface area contributed by atoms with Crippen LogP contribution in [0.5, 0.6) is 0 Å². The van der Waals surface area contributed by atoms with Crippen LogP contribution in [0.4, 0.5) is 5.82 Å². The molecule has 1 aromatic heterocycles. The number of aromatic nitrogens is 2. The quantitative estimate of drug-likeness (QED) is 0.699. The summed E-state index contributed by atoms with van der Waals surface area (Å²) in [5.74, 6) is 0.997. The van der Waals surface area contributed by atoms with E-state index in [1.165, 1.54) is 16.7 Å². The van der Waals surface area contributed by atoms with Crippen molar-refractivity contribution in [2.45, 2.75) is 33.9 Å². The lowest BCUT2D eigenvalue weighted by atomic mass is 10.1. The largest absolute Gasteiger partial charge is 0.366 e. The Balaban J connectivity index is 1.66. The number of hydrogen-bond acceptors (Lipinski definition) is 4. The van der Waals surface area contributed by atoms with Crippen molar-refractivity contribution in [2.75, 3.05) is 5.32 Å². The number of rotatable bonds is 6. The van der Waals surface area contributed by atoms with Crippen molar-refractivity contribution < 1.29 is 4.79 Å². The van der Waals surface area contributed by atoms with Gasteiger partial charge in [-0.25, -0.2) is 9.97 Å². The number of aryl methyl sites for hydroxylation is 3. The Labute approximate surface area is 159 Å². The Bertz CT molecular complexity index is 935. The van der Waals surface area contributed by atoms with Crippen molar-refractivity contribution in [2.24, 2.45) is 0 Å². The van der Waals surface area contributed by atoms with Crippen LogP contribution in [-0.2, 0) is 13.1 Å². The lowest BCUT2D eigenvalue weighted by molar-refractivity contribution is 0.0945. The highest BCUT2D eigenvalue weighted by molar-refractivity contribution is 5.92. The van der Waals surface area contributed by atoms with E-state index in [1.54, 1.807) is 13.0 Å². The molecule has 0 saturated heterocycles. The van der Waals surface area contributed by atoms with Crippen molar-refractivity contribution in [1.29, 1.82) is 0 Å². The van der Waals surface area contributed by atoms with E-state index in [1.807, 2.05) is 43.3 Å². The molecule has 0 aliphatic heterocycles. The molecule has 0 aliphatic carbocycles. The third-order valence-electron chi connectivity index (χ3n) is 4.37. The molecule has 5 heteroatoms. The molecule has 138 valence electrons. The number of carbonyl (C=O) groups excluding carboxylic acids is 1. The molecule has 0 unspecified atom stereocenters. The second kappa shape index (κ2) is 8.45. The third kappa shape index (κ3) is 5.14. The molecule has 2 aromatic carbocycles. The zero-order valence-electron chi connectivity index (χ0n) is 15.9. The standard InChI is InChI=1S/C22H24N4O/c1-15-8-10-18(11-9-15)13-24-22(27)20-12-21(26-17(3)25-20)23-14-19-7-5-4-6-16(19)2/h4-12H,13-14H2,1-3H3,(H,24,27)(H,23,25,26). The van der Waals surface area contributed by atoms with Crippen LogP contribution in [0.1, 0.15) is 38.6 Å². The zero-order valence-corrected chi connectivity index (χ0v) is 15.9. The van der Waals surface area contributed by atoms with Crippen LogP contribution < -0.4 is 10.6 Å². The summed E-state index contributed by atoms with van der Waals surface area (Å²) < 4.78 is 0. The smallest absolute Gasteiger partial charge is 0.270 e. The van der Waals surface area contributed by atoms with Gasteiger partial charge >= 0.3 is 0 Å². The summed E-state index contributed by atoms with van der Waals surface area (Å²) in [4.78, 5) is 21.1. The van der Waals surface area contributed by atoms with Crippen molar-refractivity contribution in [3.63, 3.8) is 0 Å². The molecule has 3 aromatic rings. The maximum atomic E-state index is 12.5. The number of benzene rings is 2. The molecule has 0 atom stereocenters. The van der Waals surface area contributed by atoms with Gasteiger partial charge in [-0.2, -0.15) is 0 Å². The Kier molecular flexibility index (Phi) is 5.81. The van der Waals surface area contributed by atoms with Gasteiger partial charge in [0.15, 0.2) is 0 Å². The Morgan fingerprint density at radius 2 is 1.67 bits per heavy atom. The molecule has 0 aliphatic rings. The van der Waals surface area contributed by atoms with Crippen molar-refractivity contribution in [1.82, 2.24) is 15.3 Å². The monoisotopic (exact) mass is 360 g/mol. The van der Waals surface area contributed by atoms with Crippen LogP contribution in [-0.4, -0.2) is 15.9 Å². The average Bonchev–Trinajstić information content (AvgIpc) is 2.66. The van der Waals surface area contributed by atoms with Crippen LogP contribution in [0, 0.1) is 20.8 Å². The average molecular weight is 360 g/mol. The Morgan fingerprint density at radius 3 is 2.41 bits per heavy atom. The van der Waals surface area contributed by atoms with E-state index < -0.39 is 0 Å². The number of amides is 1. The predicted molar refractivity (Wildman–Crippen MR) is 108 cm³/mol. The second-order valence-corrected chi connectivity index (χ2v) is 6.63. The van der Waals surface area contributed by atoms with Gasteiger partial charge in [-0.1, -0.05) is 54.1 Å². The first-order valence-corrected chi connectivity index (χ1v) is 8.99. The Hall–Kier alpha value is -3.21. The normalized spacial score (nSPS) is 10.5. The van der Waals surface area contributed by atoms with Crippen molar-refractivity contribution in [3.05, 3.63) is 88.4 Å². The first-order valence-electron chi connectivity index (χ1n) is 8.99. The fourth-order valence-electron chi connectivity index (χ4n) is 2.75. The molecular formula is C22H24N4O. The van der Waals surface area contributed by atoms with Crippen molar-refractivity contribution >= 4 is 11.7 Å². The molecule has 0 spiro atoms. The minimum absolute atomic E-state index is 0.208. The summed E-state index contributed by atoms with van der Waals surface area (Å²) in [5.41, 5.74) is 5.02. The predicted octanol–water partition coefficient (Wildman–Crippen LogP) is 3.94. The van der Waals surface area contributed by atoms with Gasteiger partial charge in [0.05, 0.1) is 0 Å². The number of anilines is 1. The van der Waals surface area contributed by atoms with Gasteiger partial charge in [0, 0.05) is 19.2 Å². The fourth-order valence-corrected chi connectivity index (χ4v) is 2.75. The van der Waals surface area contributed by atoms with Crippen LogP contribution in [0.25, 0.3) is 0 Å². The fraction of sp³-hybridized carbons (Fsp3) is 0.227. The van der Waals surface area contributed by atoms with Crippen LogP contribution >= 0.6 is 0 Å². The highest BCUT2D eigenvalue weighted by Crippen LogP contribution is 2.12. The van der Waals surface area contributed by atoms with Gasteiger partial charge in [-0.3, -0.25) is 4.79 Å². The molecule has 0 saturated carbocycles. The van der Waals surface area contributed by atoms with E-state index in [4.69, 9.17) is 0 Å². The summed E-state index contributed by atoms with van der Waals surface area (Å²) >= 11 is 0. The highest BCUT2D eigenvalue weighted by Gasteiger charge is 2.10. The molecule has 2 N–H and O–H groups in total. The summed E-state index contributed by atoms with van der Waals surface area (Å²) in [7, 11) is 0. The molecule has 5 nitrogen and oxygen atoms in total. The summed E-state index contributed by atoms with van der Waals surface area (Å²) in [6, 6.07) is 18.0. The highest BCUT2D eigenvalue weighted by atomic mass is 16.1. The molecule has 1 heterocycles. The molecular weight excluding hydrogens is 336 g/mol. The van der Waals surface area contributed by atoms with Gasteiger partial charge in [0.1, 0.15) is 17.3 Å². The summed E-state index contributed by atoms with van der Waals surface area (Å²) in [5, 5.41) is 6.20. The van der Waals surface area contributed by atoms with E-state index in [9.17, 15) is 4.79 Å². The van der Waals surface area contributed by atoms with E-state index in [-0.39, 0.29) is 5.91 Å². The molecule has 0 radical (unpaired) electrons. The lowest BCUT2D eigenvalue weighted by Gasteiger charge is -2.11. The third-order valence-corrected chi connectivity index (χ3v) is 4.37. The molecule has 0 bridgehead atoms. The van der Waals surface area contributed by atoms with Gasteiger partial charge < -0.3 is 10.6 Å². The number of hydrogen-bond donors (Lipinski definition) is 2. The van der Waals surface area contributed by atoms with Crippen LogP contribution in [0.2, 0.25) is 0 Å². The minimum atomic E-state index is -0.208. The molecule has 3 rings (SSSR count). The molecule has 27 heavy (non-hydrogen) atoms. The Morgan fingerprint density at radius 1 is 0.926 bits per heavy atom. The maximum Gasteiger partial charge on any atom is 0.270 e. The molecule has 1 amide bonds. The van der Waals surface area contributed by atoms with Crippen molar-refractivity contribution in [3.8, 4) is 0 Å². The number of nitrogens with one attached hydrogen (secondary N) is 2. The van der Waals surface area contributed by atoms with Crippen LogP contribution in [0.15, 0.2) is 54.6 Å². The lowest BCUT2D eigenvalue weighted by Crippen LogP contribution is -2.24. The van der Waals surface area contributed by atoms with E-state index >= 15 is 0 Å². The summed E-state index contributed by atoms with van der Waals surface area (Å²) in [6.07, 6.45) is 0. The number of nitrogens with zero attached hydrogens (tertiary/aromatic N) is 2. The summed E-state index contributed by atoms with van der Waals surface area (Å²) in [6.45, 7) is 7.01. The van der Waals surface area contributed by atoms with Gasteiger partial charge in [-0.15, -0.1) is 0 Å². The number of carbonyl (C=O) groups is 1. The first kappa shape index (κ1) is 18.6. The minimum Gasteiger partial charge on any atom is -0.366 e. The van der Waals surface area contributed by atoms with E-state index in [0.717, 1.165) is 5.56 Å². The van der Waals surface area contributed by atoms with Gasteiger partial charge in [0.2, 0.25) is 0 Å². The topological polar surface area (TPSA) is 66.9 Å². The first-order chi connectivity index (χ1) is 13.0. The van der Waals surface area contributed by atoms with E-state index in [0.29, 0.717) is 30.4 Å². The van der Waals surface area contributed by atoms with E-state index in [2.05, 4.69) is 39.7 Å². The zero-order chi connectivity index (χ0) is 19.2. The van der Waals surface area contributed by atoms with Gasteiger partial charge in [-0.05, 0) is 37.5 Å².